The molecule has 0 saturated heterocycles. The zero-order valence-electron chi connectivity index (χ0n) is 5.55. The highest BCUT2D eigenvalue weighted by Crippen LogP contribution is 2.13. The molecule has 0 aromatic carbocycles. The zero-order valence-corrected chi connectivity index (χ0v) is 6.36. The van der Waals surface area contributed by atoms with Gasteiger partial charge in [-0.25, -0.2) is 4.98 Å². The van der Waals surface area contributed by atoms with Gasteiger partial charge in [-0.2, -0.15) is 0 Å². The van der Waals surface area contributed by atoms with E-state index in [4.69, 9.17) is 0 Å². The van der Waals surface area contributed by atoms with Gasteiger partial charge in [-0.3, -0.25) is 4.79 Å². The van der Waals surface area contributed by atoms with E-state index in [0.29, 0.717) is 10.8 Å². The van der Waals surface area contributed by atoms with Crippen molar-refractivity contribution in [1.82, 2.24) is 4.98 Å². The Hall–Kier alpha value is -0.900. The average Bonchev–Trinajstić information content (AvgIpc) is 2.13. The number of thiazole rings is 1. The first-order valence-electron chi connectivity index (χ1n) is 2.73. The Morgan fingerprint density at radius 2 is 2.60 bits per heavy atom. The highest BCUT2D eigenvalue weighted by atomic mass is 32.1. The summed E-state index contributed by atoms with van der Waals surface area (Å²) in [5, 5.41) is 4.95. The smallest absolute Gasteiger partial charge is 0.223 e. The molecule has 1 amide bonds. The van der Waals surface area contributed by atoms with Crippen LogP contribution in [0.2, 0.25) is 0 Å². The molecule has 3 nitrogen and oxygen atoms in total. The summed E-state index contributed by atoms with van der Waals surface area (Å²) >= 11 is 1.37. The molecule has 1 aromatic rings. The van der Waals surface area contributed by atoms with Gasteiger partial charge in [-0.05, 0) is 6.92 Å². The lowest BCUT2D eigenvalue weighted by atomic mass is 10.6. The lowest BCUT2D eigenvalue weighted by Crippen LogP contribution is -2.04. The fraction of sp³-hybridized carbons (Fsp3) is 0.167. The average molecular weight is 155 g/mol. The van der Waals surface area contributed by atoms with Gasteiger partial charge in [0.15, 0.2) is 5.13 Å². The third-order valence-corrected chi connectivity index (χ3v) is 1.64. The van der Waals surface area contributed by atoms with E-state index in [2.05, 4.69) is 17.2 Å². The first-order valence-corrected chi connectivity index (χ1v) is 3.61. The molecule has 0 saturated carbocycles. The van der Waals surface area contributed by atoms with Crippen LogP contribution in [0.15, 0.2) is 5.38 Å². The van der Waals surface area contributed by atoms with Crippen molar-refractivity contribution >= 4 is 22.4 Å². The van der Waals surface area contributed by atoms with Crippen molar-refractivity contribution in [3.8, 4) is 0 Å². The van der Waals surface area contributed by atoms with Crippen molar-refractivity contribution in [2.45, 2.75) is 6.92 Å². The van der Waals surface area contributed by atoms with Crippen LogP contribution >= 0.6 is 11.3 Å². The third kappa shape index (κ3) is 1.80. The molecule has 0 unspecified atom stereocenters. The Morgan fingerprint density at radius 3 is 3.00 bits per heavy atom. The van der Waals surface area contributed by atoms with E-state index in [1.165, 1.54) is 18.3 Å². The van der Waals surface area contributed by atoms with Gasteiger partial charge in [0, 0.05) is 12.3 Å². The predicted octanol–water partition coefficient (Wildman–Crippen LogP) is 1.28. The van der Waals surface area contributed by atoms with E-state index in [9.17, 15) is 4.79 Å². The number of aromatic nitrogens is 1. The maximum absolute atomic E-state index is 10.5. The third-order valence-electron chi connectivity index (χ3n) is 0.835. The molecule has 0 bridgehead atoms. The number of amides is 1. The summed E-state index contributed by atoms with van der Waals surface area (Å²) in [6.45, 7) is 5.05. The van der Waals surface area contributed by atoms with E-state index < -0.39 is 0 Å². The highest BCUT2D eigenvalue weighted by Gasteiger charge is 1.97. The summed E-state index contributed by atoms with van der Waals surface area (Å²) in [4.78, 5) is 14.4. The maximum atomic E-state index is 10.5. The highest BCUT2D eigenvalue weighted by molar-refractivity contribution is 7.13. The number of hydrogen-bond donors (Lipinski definition) is 1. The Kier molecular flexibility index (Phi) is 2.01. The van der Waals surface area contributed by atoms with Crippen LogP contribution in [-0.4, -0.2) is 10.9 Å². The molecule has 0 atom stereocenters. The summed E-state index contributed by atoms with van der Waals surface area (Å²) in [6, 6.07) is 0. The van der Waals surface area contributed by atoms with Crippen LogP contribution in [-0.2, 0) is 4.79 Å². The molecule has 4 heteroatoms. The van der Waals surface area contributed by atoms with Gasteiger partial charge >= 0.3 is 0 Å². The largest absolute Gasteiger partial charge is 0.302 e. The standard InChI is InChI=1S/C6H7N2OS/c1-4-3-10-6(7-4)8-5(2)9/h3H,1H2,2H3,(H,7,8,9). The van der Waals surface area contributed by atoms with Crippen LogP contribution in [0.3, 0.4) is 0 Å². The second-order valence-electron chi connectivity index (χ2n) is 1.83. The van der Waals surface area contributed by atoms with Crippen molar-refractivity contribution in [3.05, 3.63) is 18.0 Å². The summed E-state index contributed by atoms with van der Waals surface area (Å²) in [6.07, 6.45) is 0. The lowest BCUT2D eigenvalue weighted by Gasteiger charge is -1.91. The predicted molar refractivity (Wildman–Crippen MR) is 40.9 cm³/mol. The van der Waals surface area contributed by atoms with Crippen LogP contribution in [0.5, 0.6) is 0 Å². The molecule has 0 aliphatic heterocycles. The van der Waals surface area contributed by atoms with Crippen molar-refractivity contribution < 1.29 is 4.79 Å². The topological polar surface area (TPSA) is 42.0 Å². The molecule has 0 spiro atoms. The fourth-order valence-corrected chi connectivity index (χ4v) is 1.19. The van der Waals surface area contributed by atoms with Crippen LogP contribution < -0.4 is 5.32 Å². The lowest BCUT2D eigenvalue weighted by molar-refractivity contribution is -0.114. The molecular weight excluding hydrogens is 148 g/mol. The number of rotatable bonds is 1. The molecule has 0 fully saturated rings. The summed E-state index contributed by atoms with van der Waals surface area (Å²) in [5.41, 5.74) is 0.689. The zero-order chi connectivity index (χ0) is 7.56. The van der Waals surface area contributed by atoms with Gasteiger partial charge < -0.3 is 5.32 Å². The molecule has 1 heterocycles. The van der Waals surface area contributed by atoms with Crippen LogP contribution in [0.1, 0.15) is 12.6 Å². The molecule has 53 valence electrons. The monoisotopic (exact) mass is 155 g/mol. The van der Waals surface area contributed by atoms with Crippen molar-refractivity contribution in [2.75, 3.05) is 5.32 Å². The maximum Gasteiger partial charge on any atom is 0.223 e. The minimum atomic E-state index is -0.102. The van der Waals surface area contributed by atoms with Gasteiger partial charge in [0.2, 0.25) is 5.91 Å². The quantitative estimate of drug-likeness (QED) is 0.663. The minimum absolute atomic E-state index is 0.102. The molecule has 1 N–H and O–H groups in total. The van der Waals surface area contributed by atoms with Gasteiger partial charge in [-0.1, -0.05) is 0 Å². The van der Waals surface area contributed by atoms with E-state index in [0.717, 1.165) is 0 Å². The number of nitrogens with zero attached hydrogens (tertiary/aromatic N) is 1. The van der Waals surface area contributed by atoms with Gasteiger partial charge in [0.05, 0.1) is 5.69 Å². The molecule has 10 heavy (non-hydrogen) atoms. The molecule has 1 aromatic heterocycles. The number of anilines is 1. The normalized spacial score (nSPS) is 9.40. The van der Waals surface area contributed by atoms with E-state index in [1.807, 2.05) is 0 Å². The molecule has 0 aliphatic rings. The number of carbonyl (C=O) groups excluding carboxylic acids is 1. The molecule has 0 aliphatic carbocycles. The van der Waals surface area contributed by atoms with Gasteiger partial charge in [0.25, 0.3) is 0 Å². The van der Waals surface area contributed by atoms with Crippen LogP contribution in [0, 0.1) is 6.92 Å². The summed E-state index contributed by atoms with van der Waals surface area (Å²) < 4.78 is 0. The van der Waals surface area contributed by atoms with E-state index in [-0.39, 0.29) is 5.91 Å². The first-order chi connectivity index (χ1) is 4.68. The first kappa shape index (κ1) is 7.21. The molecular formula is C6H7N2OS. The second kappa shape index (κ2) is 2.79. The van der Waals surface area contributed by atoms with Crippen molar-refractivity contribution in [1.29, 1.82) is 0 Å². The Bertz CT molecular complexity index is 244. The molecule has 1 rings (SSSR count). The second-order valence-corrected chi connectivity index (χ2v) is 2.68. The SMILES string of the molecule is [CH2]c1csc(NC(C)=O)n1. The number of nitrogens with one attached hydrogen (secondary N) is 1. The minimum Gasteiger partial charge on any atom is -0.302 e. The van der Waals surface area contributed by atoms with Gasteiger partial charge in [0.1, 0.15) is 0 Å². The van der Waals surface area contributed by atoms with E-state index in [1.54, 1.807) is 5.38 Å². The van der Waals surface area contributed by atoms with Gasteiger partial charge in [-0.15, -0.1) is 11.3 Å². The molecule has 1 radical (unpaired) electrons. The number of hydrogen-bond acceptors (Lipinski definition) is 3. The van der Waals surface area contributed by atoms with Crippen LogP contribution in [0.25, 0.3) is 0 Å². The summed E-state index contributed by atoms with van der Waals surface area (Å²) in [7, 11) is 0. The Labute approximate surface area is 63.1 Å². The Morgan fingerprint density at radius 1 is 1.90 bits per heavy atom. The number of carbonyl (C=O) groups is 1. The van der Waals surface area contributed by atoms with Crippen molar-refractivity contribution in [3.63, 3.8) is 0 Å². The fourth-order valence-electron chi connectivity index (χ4n) is 0.515. The summed E-state index contributed by atoms with van der Waals surface area (Å²) in [5.74, 6) is -0.102. The Balaban J connectivity index is 2.67. The van der Waals surface area contributed by atoms with E-state index >= 15 is 0 Å². The van der Waals surface area contributed by atoms with Crippen LogP contribution in [0.4, 0.5) is 5.13 Å². The van der Waals surface area contributed by atoms with Crippen molar-refractivity contribution in [2.24, 2.45) is 0 Å².